The first kappa shape index (κ1) is 44.0. The SMILES string of the molecule is CN[C@@H](C)C(=O)NC(C(=O)N1C[C@@H](F)C[C@H]1Cn1c(-c2[nH]c3cc(F)ccc3c2C[C@@H]2C[C@H](F)CN2C(=O)[C@@H](NC(=O)[C@H](C)NC)C(C)(C)C)nc2cc(F)ccc21)C1CC1. The number of H-pyrrole nitrogens is 1. The Morgan fingerprint density at radius 1 is 0.836 bits per heavy atom. The number of hydrogen-bond acceptors (Lipinski definition) is 7. The number of amides is 4. The average Bonchev–Trinajstić information content (AvgIpc) is 3.57. The van der Waals surface area contributed by atoms with E-state index in [1.165, 1.54) is 34.1 Å². The zero-order valence-corrected chi connectivity index (χ0v) is 35.8. The lowest BCUT2D eigenvalue weighted by Gasteiger charge is -2.36. The fraction of sp³-hybridized carbons (Fsp3) is 0.568. The zero-order chi connectivity index (χ0) is 44.1. The maximum absolute atomic E-state index is 15.6. The van der Waals surface area contributed by atoms with Gasteiger partial charge in [-0.1, -0.05) is 20.8 Å². The number of carbonyl (C=O) groups excluding carboxylic acids is 4. The molecule has 0 spiro atoms. The van der Waals surface area contributed by atoms with Crippen LogP contribution in [0, 0.1) is 23.0 Å². The number of likely N-dealkylation sites (tertiary alicyclic amines) is 2. The summed E-state index contributed by atoms with van der Waals surface area (Å²) in [7, 11) is 3.28. The molecule has 1 aliphatic carbocycles. The van der Waals surface area contributed by atoms with E-state index >= 15 is 8.78 Å². The average molecular weight is 852 g/mol. The van der Waals surface area contributed by atoms with Crippen LogP contribution in [0.1, 0.15) is 65.9 Å². The maximum atomic E-state index is 15.6. The van der Waals surface area contributed by atoms with E-state index in [4.69, 9.17) is 4.98 Å². The molecule has 13 nitrogen and oxygen atoms in total. The van der Waals surface area contributed by atoms with Gasteiger partial charge in [0, 0.05) is 42.4 Å². The van der Waals surface area contributed by atoms with E-state index in [2.05, 4.69) is 26.3 Å². The van der Waals surface area contributed by atoms with Crippen LogP contribution in [-0.2, 0) is 32.1 Å². The van der Waals surface area contributed by atoms with Crippen LogP contribution in [0.15, 0.2) is 36.4 Å². The number of aromatic amines is 1. The number of halogens is 4. The van der Waals surface area contributed by atoms with Crippen LogP contribution < -0.4 is 21.3 Å². The highest BCUT2D eigenvalue weighted by molar-refractivity contribution is 5.93. The van der Waals surface area contributed by atoms with E-state index in [-0.39, 0.29) is 68.1 Å². The van der Waals surface area contributed by atoms with Gasteiger partial charge < -0.3 is 40.6 Å². The van der Waals surface area contributed by atoms with Gasteiger partial charge in [-0.05, 0) is 94.4 Å². The topological polar surface area (TPSA) is 156 Å². The normalized spacial score (nSPS) is 22.7. The van der Waals surface area contributed by atoms with Crippen LogP contribution in [0.5, 0.6) is 0 Å². The second kappa shape index (κ2) is 17.4. The van der Waals surface area contributed by atoms with Gasteiger partial charge in [-0.25, -0.2) is 22.5 Å². The Hall–Kier alpha value is -5.03. The van der Waals surface area contributed by atoms with Gasteiger partial charge in [-0.2, -0.15) is 0 Å². The molecule has 330 valence electrons. The molecule has 3 fully saturated rings. The van der Waals surface area contributed by atoms with Gasteiger partial charge in [0.2, 0.25) is 23.6 Å². The summed E-state index contributed by atoms with van der Waals surface area (Å²) in [5, 5.41) is 12.1. The number of imidazole rings is 1. The number of benzene rings is 2. The Balaban J connectivity index is 1.28. The molecule has 17 heteroatoms. The number of hydrogen-bond donors (Lipinski definition) is 5. The van der Waals surface area contributed by atoms with Gasteiger partial charge in [-0.15, -0.1) is 0 Å². The smallest absolute Gasteiger partial charge is 0.246 e. The third-order valence-electron chi connectivity index (χ3n) is 12.6. The fourth-order valence-corrected chi connectivity index (χ4v) is 8.79. The number of likely N-dealkylation sites (N-methyl/N-ethyl adjacent to an activating group) is 2. The molecule has 4 heterocycles. The Labute approximate surface area is 352 Å². The number of nitrogens with one attached hydrogen (secondary N) is 5. The van der Waals surface area contributed by atoms with Gasteiger partial charge in [-0.3, -0.25) is 19.2 Å². The van der Waals surface area contributed by atoms with Crippen LogP contribution in [0.2, 0.25) is 0 Å². The Morgan fingerprint density at radius 2 is 1.43 bits per heavy atom. The minimum atomic E-state index is -1.36. The Morgan fingerprint density at radius 3 is 2.05 bits per heavy atom. The van der Waals surface area contributed by atoms with Crippen molar-refractivity contribution in [2.45, 2.75) is 122 Å². The van der Waals surface area contributed by atoms with Crippen molar-refractivity contribution in [3.63, 3.8) is 0 Å². The van der Waals surface area contributed by atoms with Crippen molar-refractivity contribution in [3.05, 3.63) is 53.6 Å². The van der Waals surface area contributed by atoms with Crippen LogP contribution in [0.3, 0.4) is 0 Å². The van der Waals surface area contributed by atoms with Crippen molar-refractivity contribution >= 4 is 45.6 Å². The summed E-state index contributed by atoms with van der Waals surface area (Å²) in [4.78, 5) is 65.9. The van der Waals surface area contributed by atoms with Crippen LogP contribution in [0.4, 0.5) is 17.6 Å². The van der Waals surface area contributed by atoms with Crippen molar-refractivity contribution in [3.8, 4) is 11.5 Å². The molecule has 4 amide bonds. The summed E-state index contributed by atoms with van der Waals surface area (Å²) in [5.41, 5.74) is 1.46. The number of alkyl halides is 2. The highest BCUT2D eigenvalue weighted by Gasteiger charge is 2.46. The van der Waals surface area contributed by atoms with E-state index in [9.17, 15) is 28.0 Å². The standard InChI is InChI=1S/C44H57F4N9O4/c1-22(49-6)40(58)53-36(24-8-9-24)42(60)56-20-28(48)15-30(56)21-57-35-13-11-26(46)17-34(35)52-39(57)37-32(31-12-10-25(45)16-33(31)51-37)18-29-14-27(47)19-55(29)43(61)38(44(3,4)5)54-41(59)23(2)50-7/h10-13,16-17,22-24,27-30,36,38,49-51H,8-9,14-15,18-21H2,1-7H3,(H,53,58)(H,54,59)/t22-,23-,27-,28-,29-,30-,36?,38+/m0/s1. The van der Waals surface area contributed by atoms with Gasteiger partial charge in [0.15, 0.2) is 5.82 Å². The largest absolute Gasteiger partial charge is 0.352 e. The number of carbonyl (C=O) groups is 4. The zero-order valence-electron chi connectivity index (χ0n) is 35.8. The molecule has 0 bridgehead atoms. The van der Waals surface area contributed by atoms with E-state index in [0.717, 1.165) is 12.8 Å². The van der Waals surface area contributed by atoms with Crippen molar-refractivity contribution in [1.29, 1.82) is 0 Å². The molecule has 2 aromatic heterocycles. The van der Waals surface area contributed by atoms with E-state index < -0.39 is 71.6 Å². The molecule has 8 atom stereocenters. The third-order valence-corrected chi connectivity index (χ3v) is 12.6. The van der Waals surface area contributed by atoms with Crippen LogP contribution >= 0.6 is 0 Å². The van der Waals surface area contributed by atoms with Gasteiger partial charge in [0.1, 0.15) is 36.1 Å². The number of rotatable bonds is 14. The molecular weight excluding hydrogens is 795 g/mol. The predicted molar refractivity (Wildman–Crippen MR) is 224 cm³/mol. The number of fused-ring (bicyclic) bond motifs is 2. The van der Waals surface area contributed by atoms with Crippen molar-refractivity contribution in [1.82, 2.24) is 45.6 Å². The predicted octanol–water partition coefficient (Wildman–Crippen LogP) is 4.52. The van der Waals surface area contributed by atoms with Crippen LogP contribution in [-0.4, -0.2) is 124 Å². The molecule has 2 aromatic carbocycles. The quantitative estimate of drug-likeness (QED) is 0.117. The lowest BCUT2D eigenvalue weighted by atomic mass is 9.85. The Bertz CT molecular complexity index is 2300. The minimum absolute atomic E-state index is 0.00122. The minimum Gasteiger partial charge on any atom is -0.352 e. The summed E-state index contributed by atoms with van der Waals surface area (Å²) < 4.78 is 62.5. The first-order chi connectivity index (χ1) is 28.9. The molecule has 4 aromatic rings. The lowest BCUT2D eigenvalue weighted by molar-refractivity contribution is -0.140. The molecule has 3 aliphatic rings. The molecule has 0 radical (unpaired) electrons. The van der Waals surface area contributed by atoms with Gasteiger partial charge in [0.25, 0.3) is 0 Å². The molecule has 2 saturated heterocycles. The summed E-state index contributed by atoms with van der Waals surface area (Å²) in [5.74, 6) is -2.35. The van der Waals surface area contributed by atoms with E-state index in [0.29, 0.717) is 33.5 Å². The van der Waals surface area contributed by atoms with Crippen LogP contribution in [0.25, 0.3) is 33.5 Å². The number of aromatic nitrogens is 3. The molecule has 61 heavy (non-hydrogen) atoms. The summed E-state index contributed by atoms with van der Waals surface area (Å²) in [6, 6.07) is 4.06. The van der Waals surface area contributed by atoms with Crippen molar-refractivity contribution in [2.75, 3.05) is 27.2 Å². The first-order valence-corrected chi connectivity index (χ1v) is 21.2. The van der Waals surface area contributed by atoms with Crippen molar-refractivity contribution in [2.24, 2.45) is 11.3 Å². The molecule has 2 aliphatic heterocycles. The highest BCUT2D eigenvalue weighted by atomic mass is 19.1. The second-order valence-corrected chi connectivity index (χ2v) is 18.2. The third kappa shape index (κ3) is 9.13. The van der Waals surface area contributed by atoms with Gasteiger partial charge in [0.05, 0.1) is 47.9 Å². The second-order valence-electron chi connectivity index (χ2n) is 18.2. The monoisotopic (exact) mass is 851 g/mol. The van der Waals surface area contributed by atoms with Crippen molar-refractivity contribution < 1.29 is 36.7 Å². The summed E-state index contributed by atoms with van der Waals surface area (Å²) in [6.07, 6.45) is -1.08. The maximum Gasteiger partial charge on any atom is 0.246 e. The number of nitrogens with zero attached hydrogens (tertiary/aromatic N) is 4. The fourth-order valence-electron chi connectivity index (χ4n) is 8.79. The highest BCUT2D eigenvalue weighted by Crippen LogP contribution is 2.39. The van der Waals surface area contributed by atoms with E-state index in [1.54, 1.807) is 44.6 Å². The van der Waals surface area contributed by atoms with E-state index in [1.807, 2.05) is 20.8 Å². The molecule has 7 rings (SSSR count). The molecule has 1 unspecified atom stereocenters. The lowest BCUT2D eigenvalue weighted by Crippen LogP contribution is -2.58. The molecular formula is C44H57F4N9O4. The summed E-state index contributed by atoms with van der Waals surface area (Å²) >= 11 is 0. The Kier molecular flexibility index (Phi) is 12.6. The summed E-state index contributed by atoms with van der Waals surface area (Å²) in [6.45, 7) is 8.53. The molecule has 5 N–H and O–H groups in total. The first-order valence-electron chi connectivity index (χ1n) is 21.2. The van der Waals surface area contributed by atoms with Gasteiger partial charge >= 0.3 is 0 Å². The molecule has 1 saturated carbocycles.